The Morgan fingerprint density at radius 2 is 1.43 bits per heavy atom. The lowest BCUT2D eigenvalue weighted by Crippen LogP contribution is -2.31. The summed E-state index contributed by atoms with van der Waals surface area (Å²) in [6.45, 7) is 6.00. The Hall–Kier alpha value is -3.11. The summed E-state index contributed by atoms with van der Waals surface area (Å²) in [6.07, 6.45) is 0. The summed E-state index contributed by atoms with van der Waals surface area (Å²) in [5.74, 6) is 0.122. The molecule has 0 fully saturated rings. The highest BCUT2D eigenvalue weighted by Crippen LogP contribution is 2.40. The van der Waals surface area contributed by atoms with Gasteiger partial charge < -0.3 is 0 Å². The summed E-state index contributed by atoms with van der Waals surface area (Å²) < 4.78 is 0. The van der Waals surface area contributed by atoms with Gasteiger partial charge in [-0.25, -0.2) is 4.90 Å². The molecule has 0 saturated heterocycles. The first-order chi connectivity index (χ1) is 14.5. The molecule has 1 heterocycles. The summed E-state index contributed by atoms with van der Waals surface area (Å²) in [5, 5.41) is 0. The number of thioether (sulfide) groups is 1. The van der Waals surface area contributed by atoms with E-state index in [0.29, 0.717) is 21.9 Å². The fourth-order valence-electron chi connectivity index (χ4n) is 3.63. The maximum Gasteiger partial charge on any atom is 0.272 e. The Morgan fingerprint density at radius 1 is 0.767 bits per heavy atom. The molecular formula is C26H23NO2S. The van der Waals surface area contributed by atoms with Crippen LogP contribution in [0.1, 0.15) is 27.8 Å². The third kappa shape index (κ3) is 3.83. The quantitative estimate of drug-likeness (QED) is 0.494. The van der Waals surface area contributed by atoms with Crippen LogP contribution in [-0.2, 0) is 15.3 Å². The second-order valence-corrected chi connectivity index (χ2v) is 8.56. The van der Waals surface area contributed by atoms with E-state index in [4.69, 9.17) is 0 Å². The van der Waals surface area contributed by atoms with Crippen molar-refractivity contribution >= 4 is 34.8 Å². The van der Waals surface area contributed by atoms with E-state index in [0.717, 1.165) is 27.8 Å². The summed E-state index contributed by atoms with van der Waals surface area (Å²) in [5.41, 5.74) is 6.25. The van der Waals surface area contributed by atoms with Crippen LogP contribution in [0.4, 0.5) is 5.69 Å². The minimum Gasteiger partial charge on any atom is -0.268 e. The first kappa shape index (κ1) is 20.2. The molecule has 0 bridgehead atoms. The lowest BCUT2D eigenvalue weighted by molar-refractivity contribution is -0.119. The van der Waals surface area contributed by atoms with E-state index in [9.17, 15) is 9.59 Å². The lowest BCUT2D eigenvalue weighted by atomic mass is 9.99. The van der Waals surface area contributed by atoms with Crippen molar-refractivity contribution in [2.24, 2.45) is 0 Å². The van der Waals surface area contributed by atoms with Gasteiger partial charge in [-0.1, -0.05) is 71.8 Å². The van der Waals surface area contributed by atoms with Gasteiger partial charge in [-0.05, 0) is 49.6 Å². The standard InChI is InChI=1S/C26H23NO2S/c1-17-9-12-21(13-10-17)27-25(28)23(22-14-11-18(2)15-19(22)3)24(26(27)29)30-16-20-7-5-4-6-8-20/h4-15H,16H2,1-3H3. The number of aryl methyl sites for hydroxylation is 3. The Kier molecular flexibility index (Phi) is 5.60. The zero-order valence-corrected chi connectivity index (χ0v) is 18.1. The normalized spacial score (nSPS) is 14.0. The predicted molar refractivity (Wildman–Crippen MR) is 124 cm³/mol. The van der Waals surface area contributed by atoms with Crippen LogP contribution in [-0.4, -0.2) is 11.8 Å². The van der Waals surface area contributed by atoms with Crippen molar-refractivity contribution in [3.05, 3.63) is 106 Å². The number of rotatable bonds is 5. The molecule has 0 N–H and O–H groups in total. The number of imide groups is 1. The van der Waals surface area contributed by atoms with Crippen molar-refractivity contribution in [1.82, 2.24) is 0 Å². The summed E-state index contributed by atoms with van der Waals surface area (Å²) in [6, 6.07) is 23.5. The molecule has 2 amide bonds. The highest BCUT2D eigenvalue weighted by Gasteiger charge is 2.40. The van der Waals surface area contributed by atoms with Gasteiger partial charge in [0.05, 0.1) is 16.2 Å². The minimum atomic E-state index is -0.258. The maximum absolute atomic E-state index is 13.5. The fourth-order valence-corrected chi connectivity index (χ4v) is 4.69. The van der Waals surface area contributed by atoms with Gasteiger partial charge in [0.15, 0.2) is 0 Å². The number of hydrogen-bond donors (Lipinski definition) is 0. The zero-order valence-electron chi connectivity index (χ0n) is 17.3. The smallest absolute Gasteiger partial charge is 0.268 e. The van der Waals surface area contributed by atoms with E-state index >= 15 is 0 Å². The fraction of sp³-hybridized carbons (Fsp3) is 0.154. The molecular weight excluding hydrogens is 390 g/mol. The van der Waals surface area contributed by atoms with Crippen LogP contribution in [0.2, 0.25) is 0 Å². The first-order valence-corrected chi connectivity index (χ1v) is 10.9. The van der Waals surface area contributed by atoms with Crippen molar-refractivity contribution in [3.63, 3.8) is 0 Å². The van der Waals surface area contributed by atoms with Crippen LogP contribution in [0.3, 0.4) is 0 Å². The van der Waals surface area contributed by atoms with Gasteiger partial charge in [-0.2, -0.15) is 0 Å². The molecule has 1 aliphatic rings. The van der Waals surface area contributed by atoms with E-state index in [-0.39, 0.29) is 11.8 Å². The summed E-state index contributed by atoms with van der Waals surface area (Å²) >= 11 is 1.43. The number of benzene rings is 3. The van der Waals surface area contributed by atoms with E-state index in [1.54, 1.807) is 0 Å². The summed E-state index contributed by atoms with van der Waals surface area (Å²) in [4.78, 5) is 28.7. The van der Waals surface area contributed by atoms with Gasteiger partial charge in [-0.15, -0.1) is 11.8 Å². The molecule has 1 aliphatic heterocycles. The highest BCUT2D eigenvalue weighted by atomic mass is 32.2. The third-order valence-corrected chi connectivity index (χ3v) is 6.36. The first-order valence-electron chi connectivity index (χ1n) is 9.90. The third-order valence-electron chi connectivity index (χ3n) is 5.21. The van der Waals surface area contributed by atoms with Crippen molar-refractivity contribution in [3.8, 4) is 0 Å². The Morgan fingerprint density at radius 3 is 2.10 bits per heavy atom. The number of amides is 2. The van der Waals surface area contributed by atoms with Gasteiger partial charge in [0, 0.05) is 5.75 Å². The Balaban J connectivity index is 1.78. The van der Waals surface area contributed by atoms with Crippen LogP contribution in [0, 0.1) is 20.8 Å². The minimum absolute atomic E-state index is 0.250. The van der Waals surface area contributed by atoms with Gasteiger partial charge >= 0.3 is 0 Å². The van der Waals surface area contributed by atoms with E-state index in [2.05, 4.69) is 0 Å². The molecule has 0 aliphatic carbocycles. The number of anilines is 1. The maximum atomic E-state index is 13.5. The second kappa shape index (κ2) is 8.33. The number of nitrogens with zero attached hydrogens (tertiary/aromatic N) is 1. The molecule has 0 radical (unpaired) electrons. The average Bonchev–Trinajstić information content (AvgIpc) is 2.98. The molecule has 150 valence electrons. The largest absolute Gasteiger partial charge is 0.272 e. The predicted octanol–water partition coefficient (Wildman–Crippen LogP) is 5.83. The monoisotopic (exact) mass is 413 g/mol. The molecule has 3 aromatic rings. The molecule has 0 spiro atoms. The van der Waals surface area contributed by atoms with Crippen molar-refractivity contribution in [2.45, 2.75) is 26.5 Å². The van der Waals surface area contributed by atoms with E-state index in [1.165, 1.54) is 16.7 Å². The van der Waals surface area contributed by atoms with Crippen LogP contribution in [0.25, 0.3) is 5.57 Å². The molecule has 3 nitrogen and oxygen atoms in total. The van der Waals surface area contributed by atoms with E-state index in [1.807, 2.05) is 93.6 Å². The summed E-state index contributed by atoms with van der Waals surface area (Å²) in [7, 11) is 0. The molecule has 0 aromatic heterocycles. The van der Waals surface area contributed by atoms with E-state index < -0.39 is 0 Å². The van der Waals surface area contributed by atoms with Gasteiger partial charge in [-0.3, -0.25) is 9.59 Å². The molecule has 0 unspecified atom stereocenters. The molecule has 4 rings (SSSR count). The second-order valence-electron chi connectivity index (χ2n) is 7.58. The molecule has 0 saturated carbocycles. The van der Waals surface area contributed by atoms with Crippen molar-refractivity contribution in [2.75, 3.05) is 4.90 Å². The average molecular weight is 414 g/mol. The molecule has 3 aromatic carbocycles. The topological polar surface area (TPSA) is 37.4 Å². The van der Waals surface area contributed by atoms with Crippen LogP contribution in [0.5, 0.6) is 0 Å². The highest BCUT2D eigenvalue weighted by molar-refractivity contribution is 8.03. The number of hydrogen-bond acceptors (Lipinski definition) is 3. The van der Waals surface area contributed by atoms with Crippen LogP contribution >= 0.6 is 11.8 Å². The zero-order chi connectivity index (χ0) is 21.3. The van der Waals surface area contributed by atoms with Gasteiger partial charge in [0.25, 0.3) is 11.8 Å². The molecule has 0 atom stereocenters. The SMILES string of the molecule is Cc1ccc(N2C(=O)C(SCc3ccccc3)=C(c3ccc(C)cc3C)C2=O)cc1. The van der Waals surface area contributed by atoms with Crippen molar-refractivity contribution < 1.29 is 9.59 Å². The van der Waals surface area contributed by atoms with Gasteiger partial charge in [0.2, 0.25) is 0 Å². The Labute approximate surface area is 181 Å². The molecule has 30 heavy (non-hydrogen) atoms. The number of carbonyl (C=O) groups is 2. The van der Waals surface area contributed by atoms with Crippen LogP contribution < -0.4 is 4.90 Å². The van der Waals surface area contributed by atoms with Crippen LogP contribution in [0.15, 0.2) is 77.7 Å². The number of carbonyl (C=O) groups excluding carboxylic acids is 2. The Bertz CT molecular complexity index is 1150. The van der Waals surface area contributed by atoms with Crippen molar-refractivity contribution in [1.29, 1.82) is 0 Å². The lowest BCUT2D eigenvalue weighted by Gasteiger charge is -2.15. The molecule has 4 heteroatoms. The van der Waals surface area contributed by atoms with Gasteiger partial charge in [0.1, 0.15) is 0 Å².